The predicted octanol–water partition coefficient (Wildman–Crippen LogP) is 4.24. The number of carbonyl (C=O) groups is 1. The van der Waals surface area contributed by atoms with E-state index in [2.05, 4.69) is 10.0 Å². The highest BCUT2D eigenvalue weighted by atomic mass is 35.5. The van der Waals surface area contributed by atoms with Gasteiger partial charge in [0, 0.05) is 12.6 Å². The third kappa shape index (κ3) is 5.85. The fourth-order valence-electron chi connectivity index (χ4n) is 3.12. The van der Waals surface area contributed by atoms with Gasteiger partial charge in [0.05, 0.1) is 15.6 Å². The number of carbonyl (C=O) groups excluding carboxylic acids is 1. The molecule has 1 aliphatic rings. The summed E-state index contributed by atoms with van der Waals surface area (Å²) in [5.74, 6) is 1.09. The SMILES string of the molecule is O=C(/C=C/c1ccc(S(=O)(=O)Nc2ccccc2Cl)cc1)NCc1ccc2c(c1)OCCO2. The van der Waals surface area contributed by atoms with Gasteiger partial charge in [-0.1, -0.05) is 41.9 Å². The fourth-order valence-corrected chi connectivity index (χ4v) is 4.44. The minimum absolute atomic E-state index is 0.0858. The van der Waals surface area contributed by atoms with Crippen molar-refractivity contribution in [2.75, 3.05) is 17.9 Å². The Balaban J connectivity index is 1.34. The van der Waals surface area contributed by atoms with E-state index >= 15 is 0 Å². The van der Waals surface area contributed by atoms with E-state index in [1.165, 1.54) is 18.2 Å². The highest BCUT2D eigenvalue weighted by Crippen LogP contribution is 2.30. The molecule has 1 aliphatic heterocycles. The van der Waals surface area contributed by atoms with Crippen molar-refractivity contribution >= 4 is 39.3 Å². The van der Waals surface area contributed by atoms with E-state index in [4.69, 9.17) is 21.1 Å². The number of benzene rings is 3. The van der Waals surface area contributed by atoms with Crippen LogP contribution in [0.15, 0.2) is 77.7 Å². The van der Waals surface area contributed by atoms with E-state index in [-0.39, 0.29) is 10.8 Å². The Labute approximate surface area is 197 Å². The largest absolute Gasteiger partial charge is 0.486 e. The first-order chi connectivity index (χ1) is 15.9. The Morgan fingerprint density at radius 3 is 2.45 bits per heavy atom. The standard InChI is InChI=1S/C24H21ClN2O5S/c25-20-3-1-2-4-21(20)27-33(29,30)19-9-5-17(6-10-19)8-12-24(28)26-16-18-7-11-22-23(15-18)32-14-13-31-22/h1-12,15,27H,13-14,16H2,(H,26,28)/b12-8+. The minimum atomic E-state index is -3.79. The van der Waals surface area contributed by atoms with Gasteiger partial charge in [0.1, 0.15) is 13.2 Å². The zero-order chi connectivity index (χ0) is 23.3. The monoisotopic (exact) mass is 484 g/mol. The smallest absolute Gasteiger partial charge is 0.261 e. The molecule has 0 bridgehead atoms. The number of nitrogens with one attached hydrogen (secondary N) is 2. The molecule has 0 atom stereocenters. The van der Waals surface area contributed by atoms with Crippen molar-refractivity contribution in [1.29, 1.82) is 0 Å². The van der Waals surface area contributed by atoms with Gasteiger partial charge in [-0.05, 0) is 53.6 Å². The summed E-state index contributed by atoms with van der Waals surface area (Å²) in [7, 11) is -3.79. The zero-order valence-corrected chi connectivity index (χ0v) is 19.0. The van der Waals surface area contributed by atoms with Crippen molar-refractivity contribution in [1.82, 2.24) is 5.32 Å². The first kappa shape index (κ1) is 22.7. The molecule has 7 nitrogen and oxygen atoms in total. The molecule has 0 unspecified atom stereocenters. The molecule has 9 heteroatoms. The average Bonchev–Trinajstić information content (AvgIpc) is 2.83. The third-order valence-electron chi connectivity index (χ3n) is 4.81. The Morgan fingerprint density at radius 2 is 1.70 bits per heavy atom. The van der Waals surface area contributed by atoms with E-state index in [1.807, 2.05) is 18.2 Å². The maximum atomic E-state index is 12.6. The molecule has 170 valence electrons. The summed E-state index contributed by atoms with van der Waals surface area (Å²) in [6.45, 7) is 1.37. The maximum absolute atomic E-state index is 12.6. The molecule has 3 aromatic rings. The molecule has 0 spiro atoms. The molecule has 0 saturated heterocycles. The summed E-state index contributed by atoms with van der Waals surface area (Å²) in [6.07, 6.45) is 3.00. The van der Waals surface area contributed by atoms with Crippen LogP contribution in [0.25, 0.3) is 6.08 Å². The van der Waals surface area contributed by atoms with Gasteiger partial charge in [0.2, 0.25) is 5.91 Å². The third-order valence-corrected chi connectivity index (χ3v) is 6.52. The molecule has 0 aliphatic carbocycles. The van der Waals surface area contributed by atoms with Gasteiger partial charge in [0.25, 0.3) is 10.0 Å². The van der Waals surface area contributed by atoms with Crippen LogP contribution in [0.2, 0.25) is 5.02 Å². The summed E-state index contributed by atoms with van der Waals surface area (Å²) < 4.78 is 38.6. The molecule has 2 N–H and O–H groups in total. The van der Waals surface area contributed by atoms with Crippen LogP contribution in [0, 0.1) is 0 Å². The van der Waals surface area contributed by atoms with Crippen LogP contribution < -0.4 is 19.5 Å². The molecule has 33 heavy (non-hydrogen) atoms. The van der Waals surface area contributed by atoms with E-state index in [0.717, 1.165) is 5.56 Å². The number of sulfonamides is 1. The van der Waals surface area contributed by atoms with Crippen molar-refractivity contribution in [3.05, 3.63) is 89.0 Å². The van der Waals surface area contributed by atoms with Crippen molar-refractivity contribution < 1.29 is 22.7 Å². The van der Waals surface area contributed by atoms with Crippen LogP contribution in [-0.2, 0) is 21.4 Å². The lowest BCUT2D eigenvalue weighted by atomic mass is 10.2. The van der Waals surface area contributed by atoms with E-state index < -0.39 is 10.0 Å². The summed E-state index contributed by atoms with van der Waals surface area (Å²) >= 11 is 6.02. The fraction of sp³-hybridized carbons (Fsp3) is 0.125. The number of halogens is 1. The van der Waals surface area contributed by atoms with Gasteiger partial charge >= 0.3 is 0 Å². The first-order valence-electron chi connectivity index (χ1n) is 10.1. The summed E-state index contributed by atoms with van der Waals surface area (Å²) in [5, 5.41) is 3.11. The molecule has 0 saturated carbocycles. The number of fused-ring (bicyclic) bond motifs is 1. The maximum Gasteiger partial charge on any atom is 0.261 e. The number of rotatable bonds is 7. The highest BCUT2D eigenvalue weighted by Gasteiger charge is 2.15. The van der Waals surface area contributed by atoms with Crippen LogP contribution in [0.3, 0.4) is 0 Å². The summed E-state index contributed by atoms with van der Waals surface area (Å²) in [6, 6.07) is 18.3. The first-order valence-corrected chi connectivity index (χ1v) is 12.0. The molecule has 0 radical (unpaired) electrons. The van der Waals surface area contributed by atoms with Gasteiger partial charge < -0.3 is 14.8 Å². The second-order valence-electron chi connectivity index (χ2n) is 7.18. The summed E-state index contributed by atoms with van der Waals surface area (Å²) in [5.41, 5.74) is 1.88. The molecule has 0 aromatic heterocycles. The van der Waals surface area contributed by atoms with Gasteiger partial charge in [0.15, 0.2) is 11.5 Å². The van der Waals surface area contributed by atoms with Crippen molar-refractivity contribution in [2.24, 2.45) is 0 Å². The Kier molecular flexibility index (Phi) is 6.86. The molecule has 1 heterocycles. The van der Waals surface area contributed by atoms with Gasteiger partial charge in [-0.2, -0.15) is 0 Å². The quantitative estimate of drug-likeness (QED) is 0.489. The average molecular weight is 485 g/mol. The van der Waals surface area contributed by atoms with Crippen molar-refractivity contribution in [3.8, 4) is 11.5 Å². The number of hydrogen-bond donors (Lipinski definition) is 2. The molecule has 1 amide bonds. The normalized spacial score (nSPS) is 13.0. The van der Waals surface area contributed by atoms with Gasteiger partial charge in [-0.15, -0.1) is 0 Å². The molecular formula is C24H21ClN2O5S. The van der Waals surface area contributed by atoms with Crippen LogP contribution in [0.4, 0.5) is 5.69 Å². The lowest BCUT2D eigenvalue weighted by molar-refractivity contribution is -0.116. The minimum Gasteiger partial charge on any atom is -0.486 e. The Morgan fingerprint density at radius 1 is 0.970 bits per heavy atom. The van der Waals surface area contributed by atoms with Crippen LogP contribution in [-0.4, -0.2) is 27.5 Å². The lowest BCUT2D eigenvalue weighted by Crippen LogP contribution is -2.21. The van der Waals surface area contributed by atoms with Gasteiger partial charge in [-0.25, -0.2) is 8.42 Å². The van der Waals surface area contributed by atoms with E-state index in [9.17, 15) is 13.2 Å². The second kappa shape index (κ2) is 9.97. The molecular weight excluding hydrogens is 464 g/mol. The topological polar surface area (TPSA) is 93.7 Å². The second-order valence-corrected chi connectivity index (χ2v) is 9.27. The zero-order valence-electron chi connectivity index (χ0n) is 17.5. The number of para-hydroxylation sites is 1. The predicted molar refractivity (Wildman–Crippen MR) is 127 cm³/mol. The molecule has 4 rings (SSSR count). The van der Waals surface area contributed by atoms with Crippen molar-refractivity contribution in [3.63, 3.8) is 0 Å². The Bertz CT molecular complexity index is 1290. The Hall–Kier alpha value is -3.49. The highest BCUT2D eigenvalue weighted by molar-refractivity contribution is 7.92. The van der Waals surface area contributed by atoms with Crippen LogP contribution in [0.5, 0.6) is 11.5 Å². The molecule has 0 fully saturated rings. The molecule has 3 aromatic carbocycles. The van der Waals surface area contributed by atoms with Crippen LogP contribution >= 0.6 is 11.6 Å². The number of ether oxygens (including phenoxy) is 2. The lowest BCUT2D eigenvalue weighted by Gasteiger charge is -2.18. The summed E-state index contributed by atoms with van der Waals surface area (Å²) in [4.78, 5) is 12.3. The van der Waals surface area contributed by atoms with Crippen molar-refractivity contribution in [2.45, 2.75) is 11.4 Å². The number of amides is 1. The van der Waals surface area contributed by atoms with E-state index in [0.29, 0.717) is 47.5 Å². The number of hydrogen-bond acceptors (Lipinski definition) is 5. The number of anilines is 1. The van der Waals surface area contributed by atoms with Crippen LogP contribution in [0.1, 0.15) is 11.1 Å². The van der Waals surface area contributed by atoms with Gasteiger partial charge in [-0.3, -0.25) is 9.52 Å². The van der Waals surface area contributed by atoms with E-state index in [1.54, 1.807) is 42.5 Å².